The van der Waals surface area contributed by atoms with Gasteiger partial charge in [-0.15, -0.1) is 47.0 Å². The number of esters is 2. The second-order valence-electron chi connectivity index (χ2n) is 16.3. The Morgan fingerprint density at radius 3 is 1.30 bits per heavy atom. The highest BCUT2D eigenvalue weighted by atomic mass is 32.2. The van der Waals surface area contributed by atoms with E-state index in [1.807, 2.05) is 12.1 Å². The van der Waals surface area contributed by atoms with Gasteiger partial charge in [0.1, 0.15) is 47.4 Å². The van der Waals surface area contributed by atoms with Crippen molar-refractivity contribution < 1.29 is 58.0 Å². The molecule has 4 atom stereocenters. The lowest BCUT2D eigenvalue weighted by atomic mass is 10.0. The maximum absolute atomic E-state index is 12.5. The van der Waals surface area contributed by atoms with Crippen LogP contribution in [-0.4, -0.2) is 150 Å². The molecule has 0 aliphatic carbocycles. The van der Waals surface area contributed by atoms with Crippen LogP contribution in [0.25, 0.3) is 0 Å². The zero-order valence-electron chi connectivity index (χ0n) is 40.2. The SMILES string of the molecule is CC(=O)OCC1=C(C(=O)O)N2C(=O)C(NC(=O)CSc3ccncc3)C2SC1.CC(=O)OCC1=C(C(=O)O)N2C(=O)C(NC(=O)CSc3ccncc3)C2SC1.c1ccc(CNCCNCc2ccccc2)cc1. The molecule has 4 unspecified atom stereocenters. The molecule has 0 spiro atoms. The lowest BCUT2D eigenvalue weighted by molar-refractivity contribution is -0.150. The molecule has 4 aromatic rings. The highest BCUT2D eigenvalue weighted by molar-refractivity contribution is 8.01. The Morgan fingerprint density at radius 2 is 0.959 bits per heavy atom. The number of ether oxygens (including phenoxy) is 2. The van der Waals surface area contributed by atoms with Gasteiger partial charge in [0.05, 0.1) is 11.5 Å². The number of nitrogens with one attached hydrogen (secondary N) is 4. The molecule has 20 nitrogen and oxygen atoms in total. The Bertz CT molecular complexity index is 2510. The molecule has 2 aromatic carbocycles. The quantitative estimate of drug-likeness (QED) is 0.0301. The number of rotatable bonds is 21. The van der Waals surface area contributed by atoms with Crippen molar-refractivity contribution in [2.45, 2.75) is 59.6 Å². The molecule has 0 saturated carbocycles. The van der Waals surface area contributed by atoms with Gasteiger partial charge in [-0.25, -0.2) is 9.59 Å². The van der Waals surface area contributed by atoms with Gasteiger partial charge in [-0.1, -0.05) is 60.7 Å². The summed E-state index contributed by atoms with van der Waals surface area (Å²) in [5.41, 5.74) is 3.03. The van der Waals surface area contributed by atoms with E-state index in [9.17, 15) is 48.6 Å². The van der Waals surface area contributed by atoms with E-state index in [-0.39, 0.29) is 47.9 Å². The van der Waals surface area contributed by atoms with Gasteiger partial charge in [0.25, 0.3) is 11.8 Å². The van der Waals surface area contributed by atoms with Crippen LogP contribution in [0.4, 0.5) is 0 Å². The fourth-order valence-electron chi connectivity index (χ4n) is 7.40. The van der Waals surface area contributed by atoms with Crippen molar-refractivity contribution in [1.29, 1.82) is 0 Å². The smallest absolute Gasteiger partial charge is 0.352 e. The number of pyridine rings is 2. The number of carbonyl (C=O) groups excluding carboxylic acids is 6. The third-order valence-corrected chi connectivity index (χ3v) is 15.6. The predicted octanol–water partition coefficient (Wildman–Crippen LogP) is 3.52. The number of thioether (sulfide) groups is 4. The van der Waals surface area contributed by atoms with Crippen molar-refractivity contribution in [2.75, 3.05) is 49.3 Å². The lowest BCUT2D eigenvalue weighted by Crippen LogP contribution is -2.70. The predicted molar refractivity (Wildman–Crippen MR) is 279 cm³/mol. The molecule has 8 rings (SSSR count). The number of aliphatic carboxylic acids is 2. The van der Waals surface area contributed by atoms with Gasteiger partial charge in [0.2, 0.25) is 11.8 Å². The van der Waals surface area contributed by atoms with Gasteiger partial charge >= 0.3 is 23.9 Å². The Hall–Kier alpha value is -6.70. The van der Waals surface area contributed by atoms with Crippen LogP contribution in [0.2, 0.25) is 0 Å². The molecule has 74 heavy (non-hydrogen) atoms. The van der Waals surface area contributed by atoms with Gasteiger partial charge in [0, 0.05) is 97.3 Å². The summed E-state index contributed by atoms with van der Waals surface area (Å²) in [7, 11) is 0. The standard InChI is InChI=1S/2C17H17N3O6S2.C16H20N2/c2*1-9(21)26-6-10-7-28-16-13(15(23)20(16)14(10)17(24)25)19-12(22)8-27-11-2-4-18-5-3-11;1-3-7-15(8-4-1)13-17-11-12-18-14-16-9-5-2-6-10-16/h2*2-5,13,16H,6-8H2,1H3,(H,19,22)(H,24,25);1-10,17-18H,11-14H2. The molecule has 6 N–H and O–H groups in total. The van der Waals surface area contributed by atoms with Crippen molar-refractivity contribution in [2.24, 2.45) is 0 Å². The molecule has 0 bridgehead atoms. The molecule has 24 heteroatoms. The molecular formula is C50H54N8O12S4. The van der Waals surface area contributed by atoms with Gasteiger partial charge < -0.3 is 41.0 Å². The van der Waals surface area contributed by atoms with Crippen molar-refractivity contribution in [3.05, 3.63) is 143 Å². The number of benzene rings is 2. The summed E-state index contributed by atoms with van der Waals surface area (Å²) in [6.45, 7) is 5.94. The molecule has 390 valence electrons. The van der Waals surface area contributed by atoms with Crippen LogP contribution in [-0.2, 0) is 60.9 Å². The minimum Gasteiger partial charge on any atom is -0.477 e. The normalized spacial score (nSPS) is 18.4. The Balaban J connectivity index is 0.000000185. The Morgan fingerprint density at radius 1 is 0.595 bits per heavy atom. The van der Waals surface area contributed by atoms with Crippen molar-refractivity contribution in [3.63, 3.8) is 0 Å². The number of carboxylic acids is 2. The number of nitrogens with zero attached hydrogens (tertiary/aromatic N) is 4. The Kier molecular flexibility index (Phi) is 21.9. The first-order valence-electron chi connectivity index (χ1n) is 22.9. The third kappa shape index (κ3) is 16.4. The minimum atomic E-state index is -1.26. The molecule has 2 fully saturated rings. The Labute approximate surface area is 443 Å². The van der Waals surface area contributed by atoms with Crippen LogP contribution in [0.5, 0.6) is 0 Å². The summed E-state index contributed by atoms with van der Waals surface area (Å²) in [6, 6.07) is 26.5. The summed E-state index contributed by atoms with van der Waals surface area (Å²) >= 11 is 5.28. The van der Waals surface area contributed by atoms with Gasteiger partial charge in [-0.3, -0.25) is 48.5 Å². The zero-order valence-corrected chi connectivity index (χ0v) is 43.4. The maximum Gasteiger partial charge on any atom is 0.352 e. The van der Waals surface area contributed by atoms with Gasteiger partial charge in [0.15, 0.2) is 0 Å². The fraction of sp³-hybridized carbons (Fsp3) is 0.320. The number of β-lactam (4-membered cyclic amide) rings is 2. The first-order valence-corrected chi connectivity index (χ1v) is 27.0. The van der Waals surface area contributed by atoms with E-state index >= 15 is 0 Å². The molecule has 0 radical (unpaired) electrons. The fourth-order valence-corrected chi connectivity index (χ4v) is 11.4. The highest BCUT2D eigenvalue weighted by Crippen LogP contribution is 2.42. The first kappa shape index (κ1) is 56.6. The second kappa shape index (κ2) is 28.7. The molecule has 6 heterocycles. The zero-order chi connectivity index (χ0) is 53.0. The van der Waals surface area contributed by atoms with Crippen LogP contribution in [0.15, 0.2) is 142 Å². The van der Waals surface area contributed by atoms with E-state index in [1.54, 1.807) is 49.1 Å². The number of fused-ring (bicyclic) bond motifs is 2. The van der Waals surface area contributed by atoms with E-state index < -0.39 is 58.5 Å². The number of hydrogen-bond donors (Lipinski definition) is 6. The summed E-state index contributed by atoms with van der Waals surface area (Å²) in [6.07, 6.45) is 6.50. The van der Waals surface area contributed by atoms with Gasteiger partial charge in [-0.2, -0.15) is 0 Å². The first-order chi connectivity index (χ1) is 35.7. The molecule has 4 amide bonds. The van der Waals surface area contributed by atoms with E-state index in [2.05, 4.69) is 79.8 Å². The number of aromatic nitrogens is 2. The number of carboxylic acid groups (broad SMARTS) is 2. The number of amides is 4. The second-order valence-corrected chi connectivity index (χ2v) is 20.6. The molecule has 2 saturated heterocycles. The molecule has 2 aromatic heterocycles. The van der Waals surface area contributed by atoms with E-state index in [0.29, 0.717) is 22.7 Å². The number of hydrogen-bond acceptors (Lipinski definition) is 18. The average Bonchev–Trinajstić information content (AvgIpc) is 3.41. The summed E-state index contributed by atoms with van der Waals surface area (Å²) in [5.74, 6) is -4.35. The topological polar surface area (TPSA) is 276 Å². The number of carbonyl (C=O) groups is 8. The van der Waals surface area contributed by atoms with Crippen molar-refractivity contribution in [3.8, 4) is 0 Å². The van der Waals surface area contributed by atoms with Crippen LogP contribution in [0.1, 0.15) is 25.0 Å². The highest BCUT2D eigenvalue weighted by Gasteiger charge is 2.55. The summed E-state index contributed by atoms with van der Waals surface area (Å²) in [5, 5.41) is 30.2. The lowest BCUT2D eigenvalue weighted by Gasteiger charge is -2.49. The van der Waals surface area contributed by atoms with E-state index in [0.717, 1.165) is 45.8 Å². The van der Waals surface area contributed by atoms with Crippen molar-refractivity contribution in [1.82, 2.24) is 41.0 Å². The maximum atomic E-state index is 12.5. The minimum absolute atomic E-state index is 0.129. The van der Waals surface area contributed by atoms with Crippen LogP contribution < -0.4 is 21.3 Å². The van der Waals surface area contributed by atoms with Crippen LogP contribution in [0, 0.1) is 0 Å². The van der Waals surface area contributed by atoms with E-state index in [1.165, 1.54) is 72.0 Å². The van der Waals surface area contributed by atoms with Crippen LogP contribution >= 0.6 is 47.0 Å². The summed E-state index contributed by atoms with van der Waals surface area (Å²) in [4.78, 5) is 106. The van der Waals surface area contributed by atoms with E-state index in [4.69, 9.17) is 9.47 Å². The molecule has 4 aliphatic rings. The molecule has 4 aliphatic heterocycles. The monoisotopic (exact) mass is 1090 g/mol. The van der Waals surface area contributed by atoms with Gasteiger partial charge in [-0.05, 0) is 35.4 Å². The third-order valence-electron chi connectivity index (χ3n) is 10.9. The molecular weight excluding hydrogens is 1030 g/mol. The largest absolute Gasteiger partial charge is 0.477 e. The summed E-state index contributed by atoms with van der Waals surface area (Å²) < 4.78 is 9.76. The van der Waals surface area contributed by atoms with Crippen LogP contribution in [0.3, 0.4) is 0 Å². The average molecular weight is 1090 g/mol. The van der Waals surface area contributed by atoms with Crippen molar-refractivity contribution >= 4 is 94.6 Å².